The van der Waals surface area contributed by atoms with Crippen molar-refractivity contribution in [3.63, 3.8) is 0 Å². The lowest BCUT2D eigenvalue weighted by molar-refractivity contribution is 0.584. The second-order valence-electron chi connectivity index (χ2n) is 5.82. The third-order valence-electron chi connectivity index (χ3n) is 4.05. The minimum atomic E-state index is -0.517. The predicted octanol–water partition coefficient (Wildman–Crippen LogP) is 3.13. The maximum absolute atomic E-state index is 13.5. The van der Waals surface area contributed by atoms with Crippen molar-refractivity contribution in [1.82, 2.24) is 29.1 Å². The molecule has 0 unspecified atom stereocenters. The number of imidazole rings is 2. The molecule has 4 heterocycles. The van der Waals surface area contributed by atoms with Crippen molar-refractivity contribution in [2.24, 2.45) is 0 Å². The van der Waals surface area contributed by atoms with Crippen molar-refractivity contribution in [2.45, 2.75) is 26.3 Å². The SMILES string of the molecule is CCCc1cc2nccn2nc1Cn1ccnc1-c1cccc(F)n1. The highest BCUT2D eigenvalue weighted by molar-refractivity contribution is 5.50. The summed E-state index contributed by atoms with van der Waals surface area (Å²) in [7, 11) is 0. The van der Waals surface area contributed by atoms with Crippen molar-refractivity contribution in [2.75, 3.05) is 0 Å². The zero-order valence-corrected chi connectivity index (χ0v) is 13.8. The summed E-state index contributed by atoms with van der Waals surface area (Å²) >= 11 is 0. The van der Waals surface area contributed by atoms with Crippen LogP contribution in [0.25, 0.3) is 17.2 Å². The highest BCUT2D eigenvalue weighted by Crippen LogP contribution is 2.19. The third kappa shape index (κ3) is 3.00. The maximum atomic E-state index is 13.5. The van der Waals surface area contributed by atoms with Gasteiger partial charge in [-0.15, -0.1) is 0 Å². The van der Waals surface area contributed by atoms with Crippen molar-refractivity contribution in [3.05, 3.63) is 66.3 Å². The molecule has 126 valence electrons. The molecule has 0 amide bonds. The van der Waals surface area contributed by atoms with Gasteiger partial charge in [0.15, 0.2) is 11.5 Å². The zero-order chi connectivity index (χ0) is 17.2. The van der Waals surface area contributed by atoms with Crippen molar-refractivity contribution in [1.29, 1.82) is 0 Å². The van der Waals surface area contributed by atoms with Crippen LogP contribution in [0.3, 0.4) is 0 Å². The van der Waals surface area contributed by atoms with Gasteiger partial charge in [-0.3, -0.25) is 0 Å². The van der Waals surface area contributed by atoms with Crippen LogP contribution in [0.5, 0.6) is 0 Å². The second kappa shape index (κ2) is 6.43. The maximum Gasteiger partial charge on any atom is 0.213 e. The first-order chi connectivity index (χ1) is 12.2. The summed E-state index contributed by atoms with van der Waals surface area (Å²) in [5, 5.41) is 4.69. The van der Waals surface area contributed by atoms with Gasteiger partial charge < -0.3 is 4.57 Å². The van der Waals surface area contributed by atoms with Gasteiger partial charge in [-0.25, -0.2) is 19.5 Å². The molecule has 0 spiro atoms. The molecule has 0 aromatic carbocycles. The Kier molecular flexibility index (Phi) is 3.97. The van der Waals surface area contributed by atoms with E-state index in [1.165, 1.54) is 6.07 Å². The molecule has 0 aliphatic heterocycles. The third-order valence-corrected chi connectivity index (χ3v) is 4.05. The summed E-state index contributed by atoms with van der Waals surface area (Å²) in [6.07, 6.45) is 9.06. The van der Waals surface area contributed by atoms with E-state index in [9.17, 15) is 4.39 Å². The van der Waals surface area contributed by atoms with Crippen LogP contribution in [0.2, 0.25) is 0 Å². The quantitative estimate of drug-likeness (QED) is 0.525. The highest BCUT2D eigenvalue weighted by Gasteiger charge is 2.13. The van der Waals surface area contributed by atoms with Crippen LogP contribution in [-0.4, -0.2) is 29.1 Å². The summed E-state index contributed by atoms with van der Waals surface area (Å²) in [5.41, 5.74) is 3.45. The lowest BCUT2D eigenvalue weighted by Crippen LogP contribution is -2.10. The normalized spacial score (nSPS) is 11.3. The van der Waals surface area contributed by atoms with Crippen molar-refractivity contribution < 1.29 is 4.39 Å². The Bertz CT molecular complexity index is 1020. The highest BCUT2D eigenvalue weighted by atomic mass is 19.1. The Morgan fingerprint density at radius 1 is 1.12 bits per heavy atom. The van der Waals surface area contributed by atoms with Crippen LogP contribution in [0.4, 0.5) is 4.39 Å². The number of rotatable bonds is 5. The molecule has 25 heavy (non-hydrogen) atoms. The number of hydrogen-bond acceptors (Lipinski definition) is 4. The molecule has 0 radical (unpaired) electrons. The van der Waals surface area contributed by atoms with E-state index in [1.54, 1.807) is 29.0 Å². The molecule has 6 nitrogen and oxygen atoms in total. The van der Waals surface area contributed by atoms with Crippen LogP contribution in [0.15, 0.2) is 49.1 Å². The molecule has 0 bridgehead atoms. The van der Waals surface area contributed by atoms with E-state index >= 15 is 0 Å². The summed E-state index contributed by atoms with van der Waals surface area (Å²) in [6, 6.07) is 6.78. The zero-order valence-electron chi connectivity index (χ0n) is 13.8. The monoisotopic (exact) mass is 336 g/mol. The number of aromatic nitrogens is 6. The lowest BCUT2D eigenvalue weighted by Gasteiger charge is -2.11. The summed E-state index contributed by atoms with van der Waals surface area (Å²) in [5.74, 6) is 0.103. The van der Waals surface area contributed by atoms with Crippen LogP contribution in [0.1, 0.15) is 24.6 Å². The van der Waals surface area contributed by atoms with Crippen LogP contribution in [-0.2, 0) is 13.0 Å². The Balaban J connectivity index is 1.75. The Labute approximate surface area is 144 Å². The van der Waals surface area contributed by atoms with Gasteiger partial charge in [0.05, 0.1) is 12.2 Å². The molecule has 0 saturated carbocycles. The van der Waals surface area contributed by atoms with Gasteiger partial charge in [-0.2, -0.15) is 9.49 Å². The lowest BCUT2D eigenvalue weighted by atomic mass is 10.1. The number of halogens is 1. The van der Waals surface area contributed by atoms with E-state index in [-0.39, 0.29) is 0 Å². The Morgan fingerprint density at radius 2 is 2.00 bits per heavy atom. The minimum absolute atomic E-state index is 0.505. The molecule has 4 rings (SSSR count). The van der Waals surface area contributed by atoms with Crippen molar-refractivity contribution >= 4 is 5.65 Å². The molecule has 4 aromatic rings. The fourth-order valence-corrected chi connectivity index (χ4v) is 2.91. The van der Waals surface area contributed by atoms with E-state index < -0.39 is 5.95 Å². The summed E-state index contributed by atoms with van der Waals surface area (Å²) in [4.78, 5) is 12.6. The van der Waals surface area contributed by atoms with Gasteiger partial charge in [0.2, 0.25) is 5.95 Å². The first-order valence-electron chi connectivity index (χ1n) is 8.21. The van der Waals surface area contributed by atoms with Crippen LogP contribution >= 0.6 is 0 Å². The summed E-state index contributed by atoms with van der Waals surface area (Å²) < 4.78 is 17.2. The molecule has 0 fully saturated rings. The van der Waals surface area contributed by atoms with E-state index in [0.717, 1.165) is 29.7 Å². The van der Waals surface area contributed by atoms with Gasteiger partial charge in [-0.05, 0) is 30.2 Å². The fourth-order valence-electron chi connectivity index (χ4n) is 2.91. The average Bonchev–Trinajstić information content (AvgIpc) is 3.24. The van der Waals surface area contributed by atoms with Crippen molar-refractivity contribution in [3.8, 4) is 11.5 Å². The van der Waals surface area contributed by atoms with E-state index in [4.69, 9.17) is 5.10 Å². The molecule has 0 atom stereocenters. The van der Waals surface area contributed by atoms with Gasteiger partial charge in [0, 0.05) is 24.8 Å². The minimum Gasteiger partial charge on any atom is -0.324 e. The topological polar surface area (TPSA) is 60.9 Å². The van der Waals surface area contributed by atoms with Gasteiger partial charge >= 0.3 is 0 Å². The molecule has 7 heteroatoms. The number of hydrogen-bond donors (Lipinski definition) is 0. The largest absolute Gasteiger partial charge is 0.324 e. The number of nitrogens with zero attached hydrogens (tertiary/aromatic N) is 6. The molecule has 0 aliphatic rings. The number of fused-ring (bicyclic) bond motifs is 1. The van der Waals surface area contributed by atoms with Crippen LogP contribution in [0, 0.1) is 5.95 Å². The number of pyridine rings is 1. The molecular weight excluding hydrogens is 319 g/mol. The Hall–Kier alpha value is -3.09. The standard InChI is InChI=1S/C18H17FN6/c1-2-4-13-11-17-20-8-10-25(17)23-15(13)12-24-9-7-21-18(24)14-5-3-6-16(19)22-14/h3,5-11H,2,4,12H2,1H3. The van der Waals surface area contributed by atoms with E-state index in [0.29, 0.717) is 18.1 Å². The van der Waals surface area contributed by atoms with E-state index in [1.807, 2.05) is 17.0 Å². The van der Waals surface area contributed by atoms with E-state index in [2.05, 4.69) is 27.9 Å². The van der Waals surface area contributed by atoms with Gasteiger partial charge in [0.25, 0.3) is 0 Å². The summed E-state index contributed by atoms with van der Waals surface area (Å²) in [6.45, 7) is 2.68. The number of aryl methyl sites for hydroxylation is 1. The van der Waals surface area contributed by atoms with Crippen LogP contribution < -0.4 is 0 Å². The molecule has 4 aromatic heterocycles. The first kappa shape index (κ1) is 15.4. The predicted molar refractivity (Wildman–Crippen MR) is 91.5 cm³/mol. The van der Waals surface area contributed by atoms with Gasteiger partial charge in [-0.1, -0.05) is 19.4 Å². The average molecular weight is 336 g/mol. The Morgan fingerprint density at radius 3 is 2.84 bits per heavy atom. The molecule has 0 N–H and O–H groups in total. The molecule has 0 aliphatic carbocycles. The van der Waals surface area contributed by atoms with Gasteiger partial charge in [0.1, 0.15) is 5.69 Å². The fraction of sp³-hybridized carbons (Fsp3) is 0.222. The second-order valence-corrected chi connectivity index (χ2v) is 5.82. The molecule has 0 saturated heterocycles. The first-order valence-corrected chi connectivity index (χ1v) is 8.21. The smallest absolute Gasteiger partial charge is 0.213 e. The molecular formula is C18H17FN6.